The molecule has 1 aliphatic rings. The largest absolute Gasteiger partial charge is 0.481 e. The fourth-order valence-electron chi connectivity index (χ4n) is 2.52. The van der Waals surface area contributed by atoms with Crippen LogP contribution in [0, 0.1) is 0 Å². The Balaban J connectivity index is 2.17. The van der Waals surface area contributed by atoms with Crippen molar-refractivity contribution in [3.63, 3.8) is 0 Å². The minimum Gasteiger partial charge on any atom is -0.481 e. The molecule has 1 aromatic rings. The first-order chi connectivity index (χ1) is 9.93. The molecule has 0 spiro atoms. The molecule has 21 heavy (non-hydrogen) atoms. The summed E-state index contributed by atoms with van der Waals surface area (Å²) in [5.41, 5.74) is 0.756. The van der Waals surface area contributed by atoms with E-state index in [2.05, 4.69) is 0 Å². The van der Waals surface area contributed by atoms with Crippen LogP contribution in [-0.2, 0) is 15.0 Å². The van der Waals surface area contributed by atoms with Gasteiger partial charge in [0.25, 0.3) is 0 Å². The molecule has 0 aromatic heterocycles. The Morgan fingerprint density at radius 3 is 2.48 bits per heavy atom. The van der Waals surface area contributed by atoms with Crippen LogP contribution < -0.4 is 0 Å². The van der Waals surface area contributed by atoms with Crippen LogP contribution in [0.1, 0.15) is 32.3 Å². The van der Waals surface area contributed by atoms with E-state index in [-0.39, 0.29) is 12.3 Å². The molecular weight excluding hydrogens is 266 g/mol. The van der Waals surface area contributed by atoms with Crippen LogP contribution in [0.4, 0.5) is 0 Å². The quantitative estimate of drug-likeness (QED) is 0.866. The fraction of sp³-hybridized carbons (Fsp3) is 0.412. The van der Waals surface area contributed by atoms with Gasteiger partial charge in [-0.25, -0.2) is 0 Å². The summed E-state index contributed by atoms with van der Waals surface area (Å²) < 4.78 is 0. The summed E-state index contributed by atoms with van der Waals surface area (Å²) in [6.45, 7) is 4.92. The predicted octanol–water partition coefficient (Wildman–Crippen LogP) is 2.60. The van der Waals surface area contributed by atoms with Crippen molar-refractivity contribution in [3.8, 4) is 0 Å². The summed E-state index contributed by atoms with van der Waals surface area (Å²) in [7, 11) is 0. The van der Waals surface area contributed by atoms with Crippen LogP contribution in [0.2, 0.25) is 0 Å². The van der Waals surface area contributed by atoms with E-state index in [1.54, 1.807) is 36.1 Å². The van der Waals surface area contributed by atoms with Crippen LogP contribution in [0.15, 0.2) is 42.0 Å². The molecule has 0 aliphatic carbocycles. The van der Waals surface area contributed by atoms with Crippen molar-refractivity contribution < 1.29 is 14.7 Å². The maximum absolute atomic E-state index is 12.4. The average molecular weight is 287 g/mol. The first kappa shape index (κ1) is 15.3. The molecule has 1 heterocycles. The molecule has 0 saturated heterocycles. The van der Waals surface area contributed by atoms with Gasteiger partial charge in [-0.05, 0) is 25.8 Å². The SMILES string of the molecule is CC1=CCN(C(=O)CC(C)(C(=O)O)c2ccccc2)CC1. The Bertz CT molecular complexity index is 565. The lowest BCUT2D eigenvalue weighted by atomic mass is 9.79. The lowest BCUT2D eigenvalue weighted by molar-refractivity contribution is -0.147. The van der Waals surface area contributed by atoms with Crippen LogP contribution >= 0.6 is 0 Å². The zero-order valence-electron chi connectivity index (χ0n) is 12.5. The van der Waals surface area contributed by atoms with E-state index in [9.17, 15) is 14.7 Å². The number of hydrogen-bond donors (Lipinski definition) is 1. The number of aliphatic carboxylic acids is 1. The molecule has 1 unspecified atom stereocenters. The number of carboxylic acid groups (broad SMARTS) is 1. The summed E-state index contributed by atoms with van der Waals surface area (Å²) in [6.07, 6.45) is 2.88. The van der Waals surface area contributed by atoms with Crippen molar-refractivity contribution in [1.82, 2.24) is 4.90 Å². The number of benzene rings is 1. The standard InChI is InChI=1S/C17H21NO3/c1-13-8-10-18(11-9-13)15(19)12-17(2,16(20)21)14-6-4-3-5-7-14/h3-8H,9-12H2,1-2H3,(H,20,21). The van der Waals surface area contributed by atoms with E-state index in [1.165, 1.54) is 5.57 Å². The molecule has 0 fully saturated rings. The first-order valence-electron chi connectivity index (χ1n) is 7.16. The van der Waals surface area contributed by atoms with Crippen molar-refractivity contribution in [3.05, 3.63) is 47.5 Å². The van der Waals surface area contributed by atoms with Gasteiger partial charge in [-0.1, -0.05) is 42.0 Å². The van der Waals surface area contributed by atoms with Crippen molar-refractivity contribution >= 4 is 11.9 Å². The van der Waals surface area contributed by atoms with Crippen LogP contribution in [0.3, 0.4) is 0 Å². The third kappa shape index (κ3) is 3.32. The molecule has 4 heteroatoms. The zero-order valence-corrected chi connectivity index (χ0v) is 12.5. The highest BCUT2D eigenvalue weighted by molar-refractivity contribution is 5.89. The van der Waals surface area contributed by atoms with Crippen LogP contribution in [0.25, 0.3) is 0 Å². The molecule has 1 amide bonds. The summed E-state index contributed by atoms with van der Waals surface area (Å²) >= 11 is 0. The Labute approximate surface area is 125 Å². The molecular formula is C17H21NO3. The van der Waals surface area contributed by atoms with Gasteiger partial charge in [0.1, 0.15) is 0 Å². The summed E-state index contributed by atoms with van der Waals surface area (Å²) in [5.74, 6) is -1.07. The first-order valence-corrected chi connectivity index (χ1v) is 7.16. The predicted molar refractivity (Wildman–Crippen MR) is 81.0 cm³/mol. The molecule has 4 nitrogen and oxygen atoms in total. The number of rotatable bonds is 4. The van der Waals surface area contributed by atoms with Crippen LogP contribution in [-0.4, -0.2) is 35.0 Å². The second-order valence-electron chi connectivity index (χ2n) is 5.82. The molecule has 0 radical (unpaired) electrons. The summed E-state index contributed by atoms with van der Waals surface area (Å²) in [4.78, 5) is 25.9. The number of carbonyl (C=O) groups is 2. The molecule has 0 saturated carbocycles. The minimum absolute atomic E-state index is 0.0146. The van der Waals surface area contributed by atoms with Crippen molar-refractivity contribution in [1.29, 1.82) is 0 Å². The van der Waals surface area contributed by atoms with Crippen LogP contribution in [0.5, 0.6) is 0 Å². The van der Waals surface area contributed by atoms with Gasteiger partial charge in [-0.2, -0.15) is 0 Å². The van der Waals surface area contributed by atoms with Crippen molar-refractivity contribution in [2.75, 3.05) is 13.1 Å². The number of carbonyl (C=O) groups excluding carboxylic acids is 1. The van der Waals surface area contributed by atoms with Gasteiger partial charge in [0.15, 0.2) is 0 Å². The molecule has 2 rings (SSSR count). The van der Waals surface area contributed by atoms with E-state index >= 15 is 0 Å². The van der Waals surface area contributed by atoms with Gasteiger partial charge < -0.3 is 10.0 Å². The van der Waals surface area contributed by atoms with Crippen molar-refractivity contribution in [2.24, 2.45) is 0 Å². The highest BCUT2D eigenvalue weighted by atomic mass is 16.4. The van der Waals surface area contributed by atoms with Gasteiger partial charge in [-0.15, -0.1) is 0 Å². The van der Waals surface area contributed by atoms with Gasteiger partial charge in [0.2, 0.25) is 5.91 Å². The smallest absolute Gasteiger partial charge is 0.314 e. The van der Waals surface area contributed by atoms with E-state index in [4.69, 9.17) is 0 Å². The molecule has 1 aliphatic heterocycles. The topological polar surface area (TPSA) is 57.6 Å². The number of amides is 1. The number of hydrogen-bond acceptors (Lipinski definition) is 2. The maximum atomic E-state index is 12.4. The van der Waals surface area contributed by atoms with Gasteiger partial charge in [0.05, 0.1) is 5.41 Å². The minimum atomic E-state index is -1.19. The fourth-order valence-corrected chi connectivity index (χ4v) is 2.52. The van der Waals surface area contributed by atoms with E-state index in [0.717, 1.165) is 6.42 Å². The Morgan fingerprint density at radius 1 is 1.29 bits per heavy atom. The highest BCUT2D eigenvalue weighted by Crippen LogP contribution is 2.29. The van der Waals surface area contributed by atoms with Crippen molar-refractivity contribution in [2.45, 2.75) is 32.1 Å². The van der Waals surface area contributed by atoms with E-state index in [0.29, 0.717) is 18.7 Å². The third-order valence-corrected chi connectivity index (χ3v) is 4.18. The van der Waals surface area contributed by atoms with Gasteiger partial charge >= 0.3 is 5.97 Å². The Hall–Kier alpha value is -2.10. The second-order valence-corrected chi connectivity index (χ2v) is 5.82. The molecule has 1 N–H and O–H groups in total. The molecule has 1 atom stereocenters. The molecule has 112 valence electrons. The summed E-state index contributed by atoms with van der Waals surface area (Å²) in [5, 5.41) is 9.59. The Kier molecular flexibility index (Phi) is 4.46. The monoisotopic (exact) mass is 287 g/mol. The van der Waals surface area contributed by atoms with Gasteiger partial charge in [-0.3, -0.25) is 9.59 Å². The molecule has 0 bridgehead atoms. The lowest BCUT2D eigenvalue weighted by Gasteiger charge is -2.30. The van der Waals surface area contributed by atoms with Gasteiger partial charge in [0, 0.05) is 19.5 Å². The maximum Gasteiger partial charge on any atom is 0.314 e. The third-order valence-electron chi connectivity index (χ3n) is 4.18. The molecule has 1 aromatic carbocycles. The normalized spacial score (nSPS) is 17.8. The Morgan fingerprint density at radius 2 is 1.95 bits per heavy atom. The van der Waals surface area contributed by atoms with E-state index in [1.807, 2.05) is 19.1 Å². The zero-order chi connectivity index (χ0) is 15.5. The summed E-state index contributed by atoms with van der Waals surface area (Å²) in [6, 6.07) is 8.97. The average Bonchev–Trinajstić information content (AvgIpc) is 2.48. The second kappa shape index (κ2) is 6.12. The number of carboxylic acids is 1. The lowest BCUT2D eigenvalue weighted by Crippen LogP contribution is -2.42. The number of nitrogens with zero attached hydrogens (tertiary/aromatic N) is 1. The van der Waals surface area contributed by atoms with E-state index < -0.39 is 11.4 Å². The highest BCUT2D eigenvalue weighted by Gasteiger charge is 2.38.